The number of nitrogens with two attached hydrogens (primary N) is 1. The van der Waals surface area contributed by atoms with Gasteiger partial charge in [0.1, 0.15) is 11.4 Å². The number of carbonyl (C=O) groups excluding carboxylic acids is 1. The molecule has 6 nitrogen and oxygen atoms in total. The third-order valence-corrected chi connectivity index (χ3v) is 3.98. The molecule has 3 N–H and O–H groups in total. The number of amides is 1. The predicted octanol–water partition coefficient (Wildman–Crippen LogP) is 2.52. The average molecular weight is 336 g/mol. The van der Waals surface area contributed by atoms with Crippen molar-refractivity contribution in [2.45, 2.75) is 13.5 Å². The van der Waals surface area contributed by atoms with Crippen LogP contribution in [0, 0.1) is 6.92 Å². The molecule has 0 atom stereocenters. The van der Waals surface area contributed by atoms with E-state index in [0.29, 0.717) is 17.9 Å². The number of rotatable bonds is 5. The minimum Gasteiger partial charge on any atom is -0.497 e. The molecule has 1 amide bonds. The van der Waals surface area contributed by atoms with E-state index in [-0.39, 0.29) is 5.91 Å². The van der Waals surface area contributed by atoms with Crippen molar-refractivity contribution in [3.8, 4) is 17.0 Å². The van der Waals surface area contributed by atoms with Crippen molar-refractivity contribution < 1.29 is 9.53 Å². The molecule has 0 bridgehead atoms. The number of aromatic nitrogens is 2. The summed E-state index contributed by atoms with van der Waals surface area (Å²) >= 11 is 0. The third kappa shape index (κ3) is 3.70. The van der Waals surface area contributed by atoms with Crippen LogP contribution in [0.4, 0.5) is 0 Å². The molecule has 0 aliphatic carbocycles. The van der Waals surface area contributed by atoms with Gasteiger partial charge in [0.05, 0.1) is 19.3 Å². The second-order valence-electron chi connectivity index (χ2n) is 5.76. The lowest BCUT2D eigenvalue weighted by molar-refractivity contribution is 0.0943. The fourth-order valence-electron chi connectivity index (χ4n) is 2.56. The molecule has 0 aliphatic rings. The van der Waals surface area contributed by atoms with Crippen molar-refractivity contribution in [3.63, 3.8) is 0 Å². The van der Waals surface area contributed by atoms with Gasteiger partial charge in [0.2, 0.25) is 0 Å². The van der Waals surface area contributed by atoms with Gasteiger partial charge in [0.25, 0.3) is 5.91 Å². The Hall–Kier alpha value is -3.12. The van der Waals surface area contributed by atoms with Crippen LogP contribution in [0.5, 0.6) is 5.75 Å². The quantitative estimate of drug-likeness (QED) is 0.426. The second-order valence-corrected chi connectivity index (χ2v) is 5.76. The van der Waals surface area contributed by atoms with Crippen LogP contribution in [0.25, 0.3) is 11.3 Å². The molecule has 3 aromatic rings. The zero-order valence-electron chi connectivity index (χ0n) is 14.2. The van der Waals surface area contributed by atoms with E-state index < -0.39 is 0 Å². The number of carbonyl (C=O) groups is 1. The number of nitrogens with zero attached hydrogens (tertiary/aromatic N) is 2. The first-order valence-electron chi connectivity index (χ1n) is 7.89. The predicted molar refractivity (Wildman–Crippen MR) is 96.1 cm³/mol. The number of hydrazine groups is 1. The number of ether oxygens (including phenoxy) is 1. The topological polar surface area (TPSA) is 82.2 Å². The van der Waals surface area contributed by atoms with Crippen LogP contribution in [-0.4, -0.2) is 22.8 Å². The molecule has 0 unspecified atom stereocenters. The first-order chi connectivity index (χ1) is 12.1. The molecule has 0 fully saturated rings. The number of nitrogen functional groups attached to an aromatic ring is 1. The van der Waals surface area contributed by atoms with Crippen molar-refractivity contribution in [2.24, 2.45) is 5.84 Å². The van der Waals surface area contributed by atoms with Gasteiger partial charge in [0.15, 0.2) is 0 Å². The van der Waals surface area contributed by atoms with E-state index in [4.69, 9.17) is 10.6 Å². The van der Waals surface area contributed by atoms with E-state index in [9.17, 15) is 4.79 Å². The lowest BCUT2D eigenvalue weighted by Crippen LogP contribution is -2.32. The van der Waals surface area contributed by atoms with E-state index in [0.717, 1.165) is 16.9 Å². The lowest BCUT2D eigenvalue weighted by Gasteiger charge is -2.07. The molecule has 1 heterocycles. The van der Waals surface area contributed by atoms with Crippen LogP contribution in [0.1, 0.15) is 21.6 Å². The molecule has 0 saturated carbocycles. The molecular weight excluding hydrogens is 316 g/mol. The summed E-state index contributed by atoms with van der Waals surface area (Å²) < 4.78 is 6.83. The summed E-state index contributed by atoms with van der Waals surface area (Å²) in [5.41, 5.74) is 6.43. The van der Waals surface area contributed by atoms with Crippen LogP contribution in [0.3, 0.4) is 0 Å². The fraction of sp³-hybridized carbons (Fsp3) is 0.158. The van der Waals surface area contributed by atoms with Crippen LogP contribution in [-0.2, 0) is 6.54 Å². The number of benzene rings is 2. The van der Waals surface area contributed by atoms with Crippen molar-refractivity contribution in [1.82, 2.24) is 15.2 Å². The number of aryl methyl sites for hydroxylation is 1. The Morgan fingerprint density at radius 1 is 1.16 bits per heavy atom. The summed E-state index contributed by atoms with van der Waals surface area (Å²) in [5.74, 6) is 5.71. The maximum atomic E-state index is 12.1. The fourth-order valence-corrected chi connectivity index (χ4v) is 2.56. The molecule has 128 valence electrons. The summed E-state index contributed by atoms with van der Waals surface area (Å²) in [7, 11) is 1.62. The molecule has 6 heteroatoms. The maximum Gasteiger partial charge on any atom is 0.283 e. The minimum atomic E-state index is -0.376. The number of hydrogen-bond donors (Lipinski definition) is 2. The van der Waals surface area contributed by atoms with Gasteiger partial charge >= 0.3 is 0 Å². The molecule has 3 rings (SSSR count). The Bertz CT molecular complexity index is 867. The monoisotopic (exact) mass is 336 g/mol. The van der Waals surface area contributed by atoms with Gasteiger partial charge in [0, 0.05) is 5.56 Å². The van der Waals surface area contributed by atoms with Crippen molar-refractivity contribution in [3.05, 3.63) is 71.4 Å². The molecule has 0 spiro atoms. The van der Waals surface area contributed by atoms with E-state index >= 15 is 0 Å². The summed E-state index contributed by atoms with van der Waals surface area (Å²) in [6.07, 6.45) is 0. The number of nitrogens with one attached hydrogen (secondary N) is 1. The van der Waals surface area contributed by atoms with E-state index in [1.54, 1.807) is 17.9 Å². The summed E-state index contributed by atoms with van der Waals surface area (Å²) in [5, 5.41) is 4.58. The minimum absolute atomic E-state index is 0.376. The van der Waals surface area contributed by atoms with Gasteiger partial charge in [-0.15, -0.1) is 0 Å². The normalized spacial score (nSPS) is 10.5. The highest BCUT2D eigenvalue weighted by Gasteiger charge is 2.16. The average Bonchev–Trinajstić information content (AvgIpc) is 3.07. The first-order valence-corrected chi connectivity index (χ1v) is 7.89. The van der Waals surface area contributed by atoms with Crippen LogP contribution < -0.4 is 16.0 Å². The summed E-state index contributed by atoms with van der Waals surface area (Å²) in [6.45, 7) is 2.52. The Morgan fingerprint density at radius 2 is 1.84 bits per heavy atom. The SMILES string of the molecule is COc1ccc(-c2cc(C(=O)NN)n(Cc3ccc(C)cc3)n2)cc1. The number of hydrogen-bond acceptors (Lipinski definition) is 4. The molecule has 2 aromatic carbocycles. The summed E-state index contributed by atoms with van der Waals surface area (Å²) in [6, 6.07) is 17.4. The molecule has 0 radical (unpaired) electrons. The molecular formula is C19H20N4O2. The van der Waals surface area contributed by atoms with Gasteiger partial charge in [-0.3, -0.25) is 14.9 Å². The zero-order chi connectivity index (χ0) is 17.8. The Labute approximate surface area is 146 Å². The Balaban J connectivity index is 1.96. The highest BCUT2D eigenvalue weighted by molar-refractivity contribution is 5.93. The Morgan fingerprint density at radius 3 is 2.44 bits per heavy atom. The van der Waals surface area contributed by atoms with Gasteiger partial charge in [-0.1, -0.05) is 29.8 Å². The van der Waals surface area contributed by atoms with Crippen molar-refractivity contribution in [1.29, 1.82) is 0 Å². The highest BCUT2D eigenvalue weighted by atomic mass is 16.5. The third-order valence-electron chi connectivity index (χ3n) is 3.98. The summed E-state index contributed by atoms with van der Waals surface area (Å²) in [4.78, 5) is 12.1. The zero-order valence-corrected chi connectivity index (χ0v) is 14.2. The maximum absolute atomic E-state index is 12.1. The van der Waals surface area contributed by atoms with Crippen LogP contribution in [0.2, 0.25) is 0 Å². The van der Waals surface area contributed by atoms with Crippen molar-refractivity contribution >= 4 is 5.91 Å². The molecule has 0 saturated heterocycles. The van der Waals surface area contributed by atoms with Gasteiger partial charge in [-0.25, -0.2) is 5.84 Å². The first kappa shape index (κ1) is 16.7. The van der Waals surface area contributed by atoms with Gasteiger partial charge in [-0.05, 0) is 42.8 Å². The Kier molecular flexibility index (Phi) is 4.81. The molecule has 1 aromatic heterocycles. The standard InChI is InChI=1S/C19H20N4O2/c1-13-3-5-14(6-4-13)12-23-18(19(24)21-20)11-17(22-23)15-7-9-16(25-2)10-8-15/h3-11H,12,20H2,1-2H3,(H,21,24). The van der Waals surface area contributed by atoms with E-state index in [1.807, 2.05) is 55.5 Å². The lowest BCUT2D eigenvalue weighted by atomic mass is 10.1. The largest absolute Gasteiger partial charge is 0.497 e. The van der Waals surface area contributed by atoms with Crippen LogP contribution in [0.15, 0.2) is 54.6 Å². The van der Waals surface area contributed by atoms with Gasteiger partial charge < -0.3 is 4.74 Å². The molecule has 25 heavy (non-hydrogen) atoms. The van der Waals surface area contributed by atoms with E-state index in [2.05, 4.69) is 10.5 Å². The second kappa shape index (κ2) is 7.19. The number of methoxy groups -OCH3 is 1. The van der Waals surface area contributed by atoms with Gasteiger partial charge in [-0.2, -0.15) is 5.10 Å². The highest BCUT2D eigenvalue weighted by Crippen LogP contribution is 2.23. The molecule has 0 aliphatic heterocycles. The van der Waals surface area contributed by atoms with Crippen LogP contribution >= 0.6 is 0 Å². The van der Waals surface area contributed by atoms with Crippen molar-refractivity contribution in [2.75, 3.05) is 7.11 Å². The van der Waals surface area contributed by atoms with E-state index in [1.165, 1.54) is 5.56 Å². The smallest absolute Gasteiger partial charge is 0.283 e.